The molecule has 0 aliphatic heterocycles. The van der Waals surface area contributed by atoms with Gasteiger partial charge in [0.2, 0.25) is 6.71 Å². The standard InChI is InChI=1S/C53H53B/c1-35-28-38(4)50(39(5)29-35)34-44-20-22-47(23-21-44)53(45-16-12-10-13-17-45,46-18-14-11-15-19-46)48-24-26-49(27-25-48)54(51-40(6)30-36(2)31-41(51)7)52-42(8)32-37(3)33-43(52)9/h10-33H,34H2,1-9H3. The molecule has 0 amide bonds. The van der Waals surface area contributed by atoms with Crippen molar-refractivity contribution in [1.82, 2.24) is 0 Å². The number of rotatable bonds is 9. The van der Waals surface area contributed by atoms with Crippen molar-refractivity contribution in [2.45, 2.75) is 74.1 Å². The molecule has 0 spiro atoms. The summed E-state index contributed by atoms with van der Waals surface area (Å²) in [5, 5.41) is 0. The highest BCUT2D eigenvalue weighted by molar-refractivity contribution is 6.96. The highest BCUT2D eigenvalue weighted by Crippen LogP contribution is 2.45. The fourth-order valence-corrected chi connectivity index (χ4v) is 9.64. The molecule has 0 aliphatic carbocycles. The predicted molar refractivity (Wildman–Crippen MR) is 234 cm³/mol. The third kappa shape index (κ3) is 6.89. The topological polar surface area (TPSA) is 0 Å². The van der Waals surface area contributed by atoms with Crippen LogP contribution in [0.3, 0.4) is 0 Å². The van der Waals surface area contributed by atoms with E-state index in [0.29, 0.717) is 0 Å². The molecule has 0 radical (unpaired) electrons. The summed E-state index contributed by atoms with van der Waals surface area (Å²) in [4.78, 5) is 0. The predicted octanol–water partition coefficient (Wildman–Crippen LogP) is 11.0. The Morgan fingerprint density at radius 2 is 0.704 bits per heavy atom. The zero-order chi connectivity index (χ0) is 38.1. The van der Waals surface area contributed by atoms with E-state index < -0.39 is 5.41 Å². The molecule has 0 nitrogen and oxygen atoms in total. The van der Waals surface area contributed by atoms with Gasteiger partial charge in [0.1, 0.15) is 0 Å². The zero-order valence-corrected chi connectivity index (χ0v) is 33.6. The molecule has 0 saturated carbocycles. The van der Waals surface area contributed by atoms with Crippen molar-refractivity contribution in [2.24, 2.45) is 0 Å². The van der Waals surface area contributed by atoms with Crippen molar-refractivity contribution in [1.29, 1.82) is 0 Å². The molecule has 0 bridgehead atoms. The Labute approximate surface area is 325 Å². The van der Waals surface area contributed by atoms with Crippen LogP contribution in [0.1, 0.15) is 83.5 Å². The minimum Gasteiger partial charge on any atom is -0.0686 e. The summed E-state index contributed by atoms with van der Waals surface area (Å²) in [5.74, 6) is 0. The summed E-state index contributed by atoms with van der Waals surface area (Å²) >= 11 is 0. The van der Waals surface area contributed by atoms with Crippen LogP contribution >= 0.6 is 0 Å². The van der Waals surface area contributed by atoms with Gasteiger partial charge >= 0.3 is 0 Å². The Balaban J connectivity index is 1.42. The summed E-state index contributed by atoms with van der Waals surface area (Å²) < 4.78 is 0. The first-order valence-corrected chi connectivity index (χ1v) is 19.5. The lowest BCUT2D eigenvalue weighted by atomic mass is 9.34. The third-order valence-corrected chi connectivity index (χ3v) is 11.8. The summed E-state index contributed by atoms with van der Waals surface area (Å²) in [6.07, 6.45) is 0.924. The van der Waals surface area contributed by atoms with E-state index >= 15 is 0 Å². The Morgan fingerprint density at radius 3 is 1.09 bits per heavy atom. The van der Waals surface area contributed by atoms with Gasteiger partial charge in [-0.05, 0) is 113 Å². The number of benzene rings is 7. The minimum absolute atomic E-state index is 0.121. The second-order valence-corrected chi connectivity index (χ2v) is 15.9. The van der Waals surface area contributed by atoms with Gasteiger partial charge in [-0.15, -0.1) is 0 Å². The van der Waals surface area contributed by atoms with Crippen LogP contribution in [0, 0.1) is 62.3 Å². The normalized spacial score (nSPS) is 11.5. The molecule has 7 rings (SSSR count). The summed E-state index contributed by atoms with van der Waals surface area (Å²) in [6.45, 7) is 20.4. The van der Waals surface area contributed by atoms with Gasteiger partial charge in [0.15, 0.2) is 0 Å². The van der Waals surface area contributed by atoms with Gasteiger partial charge in [0.05, 0.1) is 5.41 Å². The van der Waals surface area contributed by atoms with Gasteiger partial charge in [-0.25, -0.2) is 0 Å². The summed E-state index contributed by atoms with van der Waals surface area (Å²) in [7, 11) is 0. The van der Waals surface area contributed by atoms with Crippen molar-refractivity contribution in [3.63, 3.8) is 0 Å². The molecule has 0 aromatic heterocycles. The van der Waals surface area contributed by atoms with Crippen LogP contribution in [0.15, 0.2) is 146 Å². The van der Waals surface area contributed by atoms with Crippen molar-refractivity contribution >= 4 is 23.1 Å². The molecule has 0 N–H and O–H groups in total. The van der Waals surface area contributed by atoms with Crippen LogP contribution in [-0.2, 0) is 11.8 Å². The Kier molecular flexibility index (Phi) is 10.4. The van der Waals surface area contributed by atoms with Gasteiger partial charge in [0, 0.05) is 0 Å². The second kappa shape index (κ2) is 15.2. The Hall–Kier alpha value is -5.40. The maximum atomic E-state index is 2.41. The molecule has 268 valence electrons. The molecule has 1 heteroatoms. The molecule has 7 aromatic rings. The largest absolute Gasteiger partial charge is 0.242 e. The van der Waals surface area contributed by atoms with Gasteiger partial charge in [-0.2, -0.15) is 0 Å². The molecule has 7 aromatic carbocycles. The van der Waals surface area contributed by atoms with Crippen molar-refractivity contribution in [2.75, 3.05) is 0 Å². The third-order valence-electron chi connectivity index (χ3n) is 11.8. The fraction of sp³-hybridized carbons (Fsp3) is 0.208. The molecule has 0 atom stereocenters. The fourth-order valence-electron chi connectivity index (χ4n) is 9.64. The summed E-state index contributed by atoms with van der Waals surface area (Å²) in [5.41, 5.74) is 23.5. The molecule has 0 saturated heterocycles. The van der Waals surface area contributed by atoms with E-state index in [1.54, 1.807) is 0 Å². The number of hydrogen-bond acceptors (Lipinski definition) is 0. The SMILES string of the molecule is Cc1cc(C)c(Cc2ccc(C(c3ccccc3)(c3ccccc3)c3ccc(B(c4c(C)cc(C)cc4C)c4c(C)cc(C)cc4C)cc3)cc2)c(C)c1. The minimum atomic E-state index is -0.518. The van der Waals surface area contributed by atoms with Gasteiger partial charge < -0.3 is 0 Å². The molecule has 0 heterocycles. The van der Waals surface area contributed by atoms with E-state index in [-0.39, 0.29) is 6.71 Å². The van der Waals surface area contributed by atoms with E-state index in [4.69, 9.17) is 0 Å². The molecule has 54 heavy (non-hydrogen) atoms. The van der Waals surface area contributed by atoms with Gasteiger partial charge in [-0.3, -0.25) is 0 Å². The van der Waals surface area contributed by atoms with Crippen molar-refractivity contribution in [3.05, 3.63) is 229 Å². The second-order valence-electron chi connectivity index (χ2n) is 15.9. The lowest BCUT2D eigenvalue weighted by Crippen LogP contribution is -2.55. The first-order chi connectivity index (χ1) is 26.0. The lowest BCUT2D eigenvalue weighted by Gasteiger charge is -2.37. The first-order valence-electron chi connectivity index (χ1n) is 19.5. The van der Waals surface area contributed by atoms with Crippen LogP contribution in [-0.4, -0.2) is 6.71 Å². The van der Waals surface area contributed by atoms with Gasteiger partial charge in [0.25, 0.3) is 0 Å². The maximum Gasteiger partial charge on any atom is 0.242 e. The van der Waals surface area contributed by atoms with Crippen LogP contribution in [0.5, 0.6) is 0 Å². The number of hydrogen-bond donors (Lipinski definition) is 0. The van der Waals surface area contributed by atoms with Gasteiger partial charge in [-0.1, -0.05) is 201 Å². The maximum absolute atomic E-state index is 2.41. The molecule has 0 unspecified atom stereocenters. The first kappa shape index (κ1) is 36.9. The Morgan fingerprint density at radius 1 is 0.370 bits per heavy atom. The van der Waals surface area contributed by atoms with Crippen LogP contribution in [0.2, 0.25) is 0 Å². The lowest BCUT2D eigenvalue weighted by molar-refractivity contribution is 0.745. The highest BCUT2D eigenvalue weighted by Gasteiger charge is 2.39. The molecule has 0 aliphatic rings. The van der Waals surface area contributed by atoms with Crippen LogP contribution < -0.4 is 16.4 Å². The smallest absolute Gasteiger partial charge is 0.0686 e. The molecule has 0 fully saturated rings. The van der Waals surface area contributed by atoms with Crippen LogP contribution in [0.25, 0.3) is 0 Å². The average molecular weight is 701 g/mol. The molecular weight excluding hydrogens is 647 g/mol. The van der Waals surface area contributed by atoms with E-state index in [1.165, 1.54) is 99.8 Å². The highest BCUT2D eigenvalue weighted by atomic mass is 14.4. The zero-order valence-electron chi connectivity index (χ0n) is 33.6. The quantitative estimate of drug-likeness (QED) is 0.104. The van der Waals surface area contributed by atoms with E-state index in [1.807, 2.05) is 0 Å². The van der Waals surface area contributed by atoms with E-state index in [0.717, 1.165) is 6.42 Å². The average Bonchev–Trinajstić information content (AvgIpc) is 3.14. The number of aryl methyl sites for hydroxylation is 9. The molecular formula is C53H53B. The van der Waals surface area contributed by atoms with Crippen LogP contribution in [0.4, 0.5) is 0 Å². The van der Waals surface area contributed by atoms with E-state index in [2.05, 4.69) is 208 Å². The Bertz CT molecular complexity index is 2250. The monoisotopic (exact) mass is 700 g/mol. The van der Waals surface area contributed by atoms with E-state index in [9.17, 15) is 0 Å². The van der Waals surface area contributed by atoms with Crippen molar-refractivity contribution in [3.8, 4) is 0 Å². The summed E-state index contributed by atoms with van der Waals surface area (Å²) in [6, 6.07) is 55.3. The van der Waals surface area contributed by atoms with Crippen molar-refractivity contribution < 1.29 is 0 Å².